The van der Waals surface area contributed by atoms with E-state index in [4.69, 9.17) is 0 Å². The molecule has 25 heavy (non-hydrogen) atoms. The van der Waals surface area contributed by atoms with E-state index in [0.717, 1.165) is 16.7 Å². The Kier molecular flexibility index (Phi) is 7.61. The second-order valence-corrected chi connectivity index (χ2v) is 6.86. The van der Waals surface area contributed by atoms with Gasteiger partial charge in [0.05, 0.1) is 0 Å². The summed E-state index contributed by atoms with van der Waals surface area (Å²) in [4.78, 5) is 35.5. The zero-order valence-corrected chi connectivity index (χ0v) is 15.6. The monoisotopic (exact) mass is 348 g/mol. The summed E-state index contributed by atoms with van der Waals surface area (Å²) in [6.45, 7) is 9.05. The van der Waals surface area contributed by atoms with Gasteiger partial charge in [0.2, 0.25) is 11.8 Å². The molecule has 0 spiro atoms. The Morgan fingerprint density at radius 2 is 1.60 bits per heavy atom. The van der Waals surface area contributed by atoms with Crippen LogP contribution in [0.25, 0.3) is 0 Å². The van der Waals surface area contributed by atoms with Gasteiger partial charge >= 0.3 is 5.97 Å². The van der Waals surface area contributed by atoms with Crippen molar-refractivity contribution in [3.05, 3.63) is 34.9 Å². The first-order valence-corrected chi connectivity index (χ1v) is 8.47. The second-order valence-electron chi connectivity index (χ2n) is 6.86. The van der Waals surface area contributed by atoms with Gasteiger partial charge in [0.25, 0.3) is 0 Å². The van der Waals surface area contributed by atoms with Gasteiger partial charge in [0.1, 0.15) is 12.1 Å². The molecule has 1 aromatic carbocycles. The number of carbonyl (C=O) groups excluding carboxylic acids is 2. The van der Waals surface area contributed by atoms with Crippen LogP contribution in [0.3, 0.4) is 0 Å². The van der Waals surface area contributed by atoms with Gasteiger partial charge < -0.3 is 15.7 Å². The van der Waals surface area contributed by atoms with Crippen LogP contribution < -0.4 is 10.6 Å². The van der Waals surface area contributed by atoms with Crippen LogP contribution in [0.15, 0.2) is 18.2 Å². The number of carbonyl (C=O) groups is 3. The Hall–Kier alpha value is -2.37. The number of hydrogen-bond donors (Lipinski definition) is 3. The molecule has 0 aliphatic rings. The average Bonchev–Trinajstić information content (AvgIpc) is 2.47. The molecule has 0 unspecified atom stereocenters. The Morgan fingerprint density at radius 3 is 2.04 bits per heavy atom. The van der Waals surface area contributed by atoms with Crippen LogP contribution in [0, 0.1) is 19.8 Å². The molecule has 0 bridgehead atoms. The molecule has 2 atom stereocenters. The third kappa shape index (κ3) is 6.57. The summed E-state index contributed by atoms with van der Waals surface area (Å²) in [6.07, 6.45) is 0.648. The third-order valence-corrected chi connectivity index (χ3v) is 4.07. The standard InChI is InChI=1S/C19H28N2O4/c1-11(2)9-16(20-14(5)22)18(23)21-17(19(24)25)10-15-12(3)7-6-8-13(15)4/h6-8,11,16-17H,9-10H2,1-5H3,(H,20,22)(H,21,23)(H,24,25)/t16-,17+/m0/s1. The fourth-order valence-corrected chi connectivity index (χ4v) is 2.80. The van der Waals surface area contributed by atoms with Crippen LogP contribution in [-0.4, -0.2) is 35.0 Å². The molecule has 2 amide bonds. The van der Waals surface area contributed by atoms with Gasteiger partial charge in [-0.1, -0.05) is 32.0 Å². The maximum Gasteiger partial charge on any atom is 0.326 e. The first-order valence-electron chi connectivity index (χ1n) is 8.47. The summed E-state index contributed by atoms with van der Waals surface area (Å²) < 4.78 is 0. The van der Waals surface area contributed by atoms with E-state index in [-0.39, 0.29) is 18.2 Å². The minimum atomic E-state index is -1.10. The van der Waals surface area contributed by atoms with E-state index >= 15 is 0 Å². The Morgan fingerprint density at radius 1 is 1.04 bits per heavy atom. The van der Waals surface area contributed by atoms with E-state index in [0.29, 0.717) is 6.42 Å². The predicted molar refractivity (Wildman–Crippen MR) is 96.2 cm³/mol. The van der Waals surface area contributed by atoms with Crippen molar-refractivity contribution in [3.8, 4) is 0 Å². The van der Waals surface area contributed by atoms with Gasteiger partial charge in [-0.15, -0.1) is 0 Å². The van der Waals surface area contributed by atoms with Crippen molar-refractivity contribution in [3.63, 3.8) is 0 Å². The lowest BCUT2D eigenvalue weighted by Crippen LogP contribution is -2.52. The molecular weight excluding hydrogens is 320 g/mol. The quantitative estimate of drug-likeness (QED) is 0.669. The number of nitrogens with one attached hydrogen (secondary N) is 2. The molecule has 6 heteroatoms. The summed E-state index contributed by atoms with van der Waals surface area (Å²) in [6, 6.07) is 3.97. The number of aryl methyl sites for hydroxylation is 2. The number of benzene rings is 1. The number of carboxylic acids is 1. The number of carboxylic acid groups (broad SMARTS) is 1. The van der Waals surface area contributed by atoms with Gasteiger partial charge in [-0.2, -0.15) is 0 Å². The van der Waals surface area contributed by atoms with E-state index in [2.05, 4.69) is 10.6 Å². The van der Waals surface area contributed by atoms with Crippen molar-refractivity contribution >= 4 is 17.8 Å². The van der Waals surface area contributed by atoms with Crippen molar-refractivity contribution in [1.82, 2.24) is 10.6 Å². The molecule has 1 aromatic rings. The molecule has 138 valence electrons. The Balaban J connectivity index is 2.93. The SMILES string of the molecule is CC(=O)N[C@@H](CC(C)C)C(=O)N[C@H](Cc1c(C)cccc1C)C(=O)O. The first-order chi connectivity index (χ1) is 11.6. The highest BCUT2D eigenvalue weighted by atomic mass is 16.4. The lowest BCUT2D eigenvalue weighted by Gasteiger charge is -2.23. The topological polar surface area (TPSA) is 95.5 Å². The number of rotatable bonds is 8. The summed E-state index contributed by atoms with van der Waals surface area (Å²) >= 11 is 0. The highest BCUT2D eigenvalue weighted by molar-refractivity contribution is 5.90. The van der Waals surface area contributed by atoms with Crippen LogP contribution in [0.4, 0.5) is 0 Å². The summed E-state index contributed by atoms with van der Waals surface area (Å²) in [5.74, 6) is -1.70. The minimum Gasteiger partial charge on any atom is -0.480 e. The highest BCUT2D eigenvalue weighted by Gasteiger charge is 2.27. The fraction of sp³-hybridized carbons (Fsp3) is 0.526. The molecule has 0 fully saturated rings. The predicted octanol–water partition coefficient (Wildman–Crippen LogP) is 1.97. The van der Waals surface area contributed by atoms with Crippen molar-refractivity contribution in [2.45, 2.75) is 59.5 Å². The van der Waals surface area contributed by atoms with Gasteiger partial charge in [0, 0.05) is 13.3 Å². The van der Waals surface area contributed by atoms with Crippen molar-refractivity contribution in [2.75, 3.05) is 0 Å². The molecule has 0 heterocycles. The maximum absolute atomic E-state index is 12.5. The van der Waals surface area contributed by atoms with Crippen LogP contribution in [0.5, 0.6) is 0 Å². The van der Waals surface area contributed by atoms with Crippen molar-refractivity contribution < 1.29 is 19.5 Å². The number of aliphatic carboxylic acids is 1. The van der Waals surface area contributed by atoms with Crippen molar-refractivity contribution in [2.24, 2.45) is 5.92 Å². The van der Waals surface area contributed by atoms with Gasteiger partial charge in [0.15, 0.2) is 0 Å². The summed E-state index contributed by atoms with van der Waals surface area (Å²) in [5.41, 5.74) is 2.89. The average molecular weight is 348 g/mol. The van der Waals surface area contributed by atoms with E-state index in [1.807, 2.05) is 45.9 Å². The van der Waals surface area contributed by atoms with Crippen LogP contribution in [-0.2, 0) is 20.8 Å². The lowest BCUT2D eigenvalue weighted by atomic mass is 9.96. The molecule has 0 radical (unpaired) electrons. The molecule has 0 aliphatic carbocycles. The maximum atomic E-state index is 12.5. The minimum absolute atomic E-state index is 0.185. The fourth-order valence-electron chi connectivity index (χ4n) is 2.80. The van der Waals surface area contributed by atoms with Gasteiger partial charge in [-0.25, -0.2) is 4.79 Å². The smallest absolute Gasteiger partial charge is 0.326 e. The van der Waals surface area contributed by atoms with E-state index < -0.39 is 24.0 Å². The molecule has 6 nitrogen and oxygen atoms in total. The van der Waals surface area contributed by atoms with E-state index in [1.54, 1.807) is 0 Å². The van der Waals surface area contributed by atoms with Crippen molar-refractivity contribution in [1.29, 1.82) is 0 Å². The molecule has 0 saturated carbocycles. The molecule has 3 N–H and O–H groups in total. The Bertz CT molecular complexity index is 620. The highest BCUT2D eigenvalue weighted by Crippen LogP contribution is 2.16. The molecule has 0 saturated heterocycles. The molecule has 1 rings (SSSR count). The largest absolute Gasteiger partial charge is 0.480 e. The van der Waals surface area contributed by atoms with Gasteiger partial charge in [-0.05, 0) is 42.9 Å². The van der Waals surface area contributed by atoms with Crippen LogP contribution in [0.2, 0.25) is 0 Å². The zero-order valence-electron chi connectivity index (χ0n) is 15.6. The lowest BCUT2D eigenvalue weighted by molar-refractivity contribution is -0.142. The summed E-state index contributed by atoms with van der Waals surface area (Å²) in [5, 5.41) is 14.7. The molecular formula is C19H28N2O4. The molecule has 0 aromatic heterocycles. The number of hydrogen-bond acceptors (Lipinski definition) is 3. The van der Waals surface area contributed by atoms with E-state index in [9.17, 15) is 19.5 Å². The second kappa shape index (κ2) is 9.20. The summed E-state index contributed by atoms with van der Waals surface area (Å²) in [7, 11) is 0. The normalized spacial score (nSPS) is 13.2. The van der Waals surface area contributed by atoms with Crippen LogP contribution in [0.1, 0.15) is 43.9 Å². The zero-order chi connectivity index (χ0) is 19.1. The van der Waals surface area contributed by atoms with Gasteiger partial charge in [-0.3, -0.25) is 9.59 Å². The van der Waals surface area contributed by atoms with Crippen LogP contribution >= 0.6 is 0 Å². The first kappa shape index (κ1) is 20.7. The third-order valence-electron chi connectivity index (χ3n) is 4.07. The molecule has 0 aliphatic heterocycles. The Labute approximate surface area is 149 Å². The number of amides is 2. The van der Waals surface area contributed by atoms with E-state index in [1.165, 1.54) is 6.92 Å².